The zero-order valence-corrected chi connectivity index (χ0v) is 28.4. The largest absolute Gasteiger partial charge is 0.457 e. The third-order valence-electron chi connectivity index (χ3n) is 13.6. The summed E-state index contributed by atoms with van der Waals surface area (Å²) in [6, 6.07) is 0. The fourth-order valence-corrected chi connectivity index (χ4v) is 15.8. The van der Waals surface area contributed by atoms with Gasteiger partial charge in [-0.3, -0.25) is 4.79 Å². The van der Waals surface area contributed by atoms with Gasteiger partial charge in [0.1, 0.15) is 0 Å². The number of allylic oxidation sites excluding steroid dienone is 2. The molecule has 0 bridgehead atoms. The van der Waals surface area contributed by atoms with Crippen LogP contribution in [0.3, 0.4) is 0 Å². The first-order valence-corrected chi connectivity index (χ1v) is 18.1. The van der Waals surface area contributed by atoms with Gasteiger partial charge in [-0.15, -0.1) is 23.5 Å². The maximum atomic E-state index is 12.2. The summed E-state index contributed by atoms with van der Waals surface area (Å²) in [4.78, 5) is 12.2. The van der Waals surface area contributed by atoms with Crippen molar-refractivity contribution in [2.24, 2.45) is 45.3 Å². The maximum absolute atomic E-state index is 12.2. The van der Waals surface area contributed by atoms with Crippen LogP contribution < -0.4 is 0 Å². The van der Waals surface area contributed by atoms with Crippen molar-refractivity contribution in [1.29, 1.82) is 0 Å². The van der Waals surface area contributed by atoms with Gasteiger partial charge in [-0.1, -0.05) is 53.2 Å². The minimum atomic E-state index is -1.19. The number of aliphatic hydroxyl groups excluding tert-OH is 1. The molecule has 2 saturated heterocycles. The molecule has 3 unspecified atom stereocenters. The summed E-state index contributed by atoms with van der Waals surface area (Å²) in [6.45, 7) is 19.7. The molecule has 4 aliphatic carbocycles. The number of rotatable bonds is 3. The minimum Gasteiger partial charge on any atom is -0.457 e. The lowest BCUT2D eigenvalue weighted by atomic mass is 9.41. The van der Waals surface area contributed by atoms with E-state index in [9.17, 15) is 15.0 Å². The van der Waals surface area contributed by atoms with Gasteiger partial charge in [0.05, 0.1) is 28.0 Å². The molecule has 0 radical (unpaired) electrons. The molecule has 3 saturated carbocycles. The highest BCUT2D eigenvalue weighted by Gasteiger charge is 2.79. The Morgan fingerprint density at radius 2 is 1.78 bits per heavy atom. The summed E-state index contributed by atoms with van der Waals surface area (Å²) in [5, 5.41) is 22.2. The molecule has 41 heavy (non-hydrogen) atoms. The van der Waals surface area contributed by atoms with Gasteiger partial charge >= 0.3 is 5.97 Å². The van der Waals surface area contributed by atoms with Crippen LogP contribution >= 0.6 is 23.5 Å². The Kier molecular flexibility index (Phi) is 7.25. The summed E-state index contributed by atoms with van der Waals surface area (Å²) < 4.78 is 13.0. The van der Waals surface area contributed by atoms with Crippen molar-refractivity contribution >= 4 is 29.5 Å². The van der Waals surface area contributed by atoms with Crippen LogP contribution in [0.5, 0.6) is 0 Å². The summed E-state index contributed by atoms with van der Waals surface area (Å²) in [6.07, 6.45) is 7.61. The van der Waals surface area contributed by atoms with E-state index in [4.69, 9.17) is 9.47 Å². The lowest BCUT2D eigenvalue weighted by Gasteiger charge is -2.65. The van der Waals surface area contributed by atoms with Crippen LogP contribution in [0.4, 0.5) is 0 Å². The lowest BCUT2D eigenvalue weighted by Crippen LogP contribution is -2.61. The fraction of sp³-hybridized carbons (Fsp3) is 0.912. The molecule has 2 heterocycles. The number of carbonyl (C=O) groups excluding carboxylic acids is 1. The van der Waals surface area contributed by atoms with Crippen molar-refractivity contribution in [3.05, 3.63) is 11.6 Å². The van der Waals surface area contributed by atoms with Crippen LogP contribution in [0, 0.1) is 45.3 Å². The average molecular weight is 607 g/mol. The van der Waals surface area contributed by atoms with Gasteiger partial charge in [0, 0.05) is 23.8 Å². The number of hydrogen-bond acceptors (Lipinski definition) is 7. The number of ether oxygens (including phenoxy) is 2. The highest BCUT2D eigenvalue weighted by atomic mass is 32.2. The van der Waals surface area contributed by atoms with E-state index in [1.807, 2.05) is 0 Å². The predicted molar refractivity (Wildman–Crippen MR) is 168 cm³/mol. The van der Waals surface area contributed by atoms with Gasteiger partial charge in [0.2, 0.25) is 0 Å². The first kappa shape index (κ1) is 30.8. The van der Waals surface area contributed by atoms with E-state index in [0.29, 0.717) is 23.7 Å². The van der Waals surface area contributed by atoms with Crippen LogP contribution in [0.2, 0.25) is 0 Å². The Labute approximate surface area is 256 Å². The topological polar surface area (TPSA) is 76.0 Å². The molecule has 2 N–H and O–H groups in total. The molecule has 5 fully saturated rings. The average Bonchev–Trinajstić information content (AvgIpc) is 3.43. The summed E-state index contributed by atoms with van der Waals surface area (Å²) >= 11 is 4.29. The number of aliphatic hydroxyl groups is 2. The van der Waals surface area contributed by atoms with Crippen molar-refractivity contribution in [1.82, 2.24) is 0 Å². The first-order chi connectivity index (χ1) is 18.9. The van der Waals surface area contributed by atoms with E-state index < -0.39 is 11.7 Å². The molecule has 1 spiro atoms. The Morgan fingerprint density at radius 3 is 2.39 bits per heavy atom. The van der Waals surface area contributed by atoms with Gasteiger partial charge in [-0.2, -0.15) is 0 Å². The highest BCUT2D eigenvalue weighted by molar-refractivity contribution is 8.21. The number of esters is 1. The van der Waals surface area contributed by atoms with E-state index in [2.05, 4.69) is 71.1 Å². The van der Waals surface area contributed by atoms with Crippen molar-refractivity contribution in [3.63, 3.8) is 0 Å². The van der Waals surface area contributed by atoms with Crippen LogP contribution in [0.25, 0.3) is 0 Å². The zero-order chi connectivity index (χ0) is 30.0. The number of thioether (sulfide) groups is 2. The fourth-order valence-electron chi connectivity index (χ4n) is 11.7. The van der Waals surface area contributed by atoms with Crippen LogP contribution in [0.15, 0.2) is 11.6 Å². The van der Waals surface area contributed by atoms with Crippen molar-refractivity contribution in [2.45, 2.75) is 135 Å². The standard InChI is InChI=1S/C34H54O5S2/c1-19-18-23(27(30(5,6)37)38-20(2)35)39-28-26(19)32(8)15-12-21-22(33(32,9)34(28)40-16-17-41-34)10-11-24-29(3,4)25(36)13-14-31(21,24)7/h12,19,22-28,36-37H,10-11,13-18H2,1-9H3/t19-,22?,23?,24+,25+,26+,27+,28?,31-,32-,33+/m1/s1. The molecule has 2 aliphatic heterocycles. The first-order valence-electron chi connectivity index (χ1n) is 16.2. The smallest absolute Gasteiger partial charge is 0.303 e. The van der Waals surface area contributed by atoms with Gasteiger partial charge in [0.15, 0.2) is 6.10 Å². The van der Waals surface area contributed by atoms with Gasteiger partial charge in [0.25, 0.3) is 0 Å². The second-order valence-electron chi connectivity index (χ2n) is 16.3. The van der Waals surface area contributed by atoms with Crippen LogP contribution in [-0.4, -0.2) is 61.8 Å². The summed E-state index contributed by atoms with van der Waals surface area (Å²) in [5.74, 6) is 3.66. The number of hydrogen-bond donors (Lipinski definition) is 2. The van der Waals surface area contributed by atoms with Crippen LogP contribution in [0.1, 0.15) is 101 Å². The summed E-state index contributed by atoms with van der Waals surface area (Å²) in [5.41, 5.74) is 0.651. The Morgan fingerprint density at radius 1 is 1.12 bits per heavy atom. The van der Waals surface area contributed by atoms with Crippen molar-refractivity contribution in [2.75, 3.05) is 11.5 Å². The van der Waals surface area contributed by atoms with E-state index in [1.54, 1.807) is 19.4 Å². The molecule has 232 valence electrons. The van der Waals surface area contributed by atoms with Crippen LogP contribution in [-0.2, 0) is 14.3 Å². The Bertz CT molecular complexity index is 1110. The second-order valence-corrected chi connectivity index (χ2v) is 19.3. The molecule has 0 aromatic heterocycles. The van der Waals surface area contributed by atoms with E-state index in [1.165, 1.54) is 19.8 Å². The Balaban J connectivity index is 1.44. The molecular weight excluding hydrogens is 553 g/mol. The molecule has 0 aromatic carbocycles. The summed E-state index contributed by atoms with van der Waals surface area (Å²) in [7, 11) is 0. The number of carbonyl (C=O) groups is 1. The van der Waals surface area contributed by atoms with Gasteiger partial charge < -0.3 is 19.7 Å². The van der Waals surface area contributed by atoms with Crippen molar-refractivity contribution in [3.8, 4) is 0 Å². The molecule has 6 aliphatic rings. The van der Waals surface area contributed by atoms with Crippen molar-refractivity contribution < 1.29 is 24.5 Å². The highest BCUT2D eigenvalue weighted by Crippen LogP contribution is 2.82. The third kappa shape index (κ3) is 3.96. The van der Waals surface area contributed by atoms with E-state index in [0.717, 1.165) is 37.2 Å². The van der Waals surface area contributed by atoms with Gasteiger partial charge in [-0.05, 0) is 92.3 Å². The third-order valence-corrected chi connectivity index (χ3v) is 17.6. The monoisotopic (exact) mass is 606 g/mol. The SMILES string of the molecule is CC(=O)O[C@@H](C1C[C@@H](C)[C@H]2C(O1)C1(SCCS1)[C@@]1(C)C3CC[C@H]4C(C)(C)[C@@H](O)CC[C@]4(C)C3=CC[C@]21C)C(C)(C)O. The molecule has 11 atom stereocenters. The molecular formula is C34H54O5S2. The quantitative estimate of drug-likeness (QED) is 0.269. The lowest BCUT2D eigenvalue weighted by molar-refractivity contribution is -0.207. The predicted octanol–water partition coefficient (Wildman–Crippen LogP) is 6.84. The minimum absolute atomic E-state index is 0.0343. The van der Waals surface area contributed by atoms with E-state index >= 15 is 0 Å². The van der Waals surface area contributed by atoms with E-state index in [-0.39, 0.29) is 50.0 Å². The molecule has 0 aromatic rings. The maximum Gasteiger partial charge on any atom is 0.303 e. The molecule has 5 nitrogen and oxygen atoms in total. The molecule has 6 rings (SSSR count). The molecule has 0 amide bonds. The van der Waals surface area contributed by atoms with Gasteiger partial charge in [-0.25, -0.2) is 0 Å². The second kappa shape index (κ2) is 9.64. The Hall–Kier alpha value is -0.210. The normalized spacial score (nSPS) is 48.9. The molecule has 7 heteroatoms. The number of fused-ring (bicyclic) bond motifs is 9. The zero-order valence-electron chi connectivity index (χ0n) is 26.8.